The maximum Gasteiger partial charge on any atom is 0.260 e. The second-order valence-corrected chi connectivity index (χ2v) is 4.92. The molecule has 2 aromatic rings. The molecule has 2 aromatic heterocycles. The van der Waals surface area contributed by atoms with Crippen LogP contribution in [0, 0.1) is 6.92 Å². The Kier molecular flexibility index (Phi) is 4.42. The van der Waals surface area contributed by atoms with E-state index < -0.39 is 0 Å². The van der Waals surface area contributed by atoms with Crippen LogP contribution in [0.5, 0.6) is 5.88 Å². The number of nitrogens with zero attached hydrogens (tertiary/aromatic N) is 4. The maximum absolute atomic E-state index is 11.4. The number of imidazole rings is 1. The zero-order valence-corrected chi connectivity index (χ0v) is 12.4. The molecule has 0 bridgehead atoms. The van der Waals surface area contributed by atoms with Crippen molar-refractivity contribution in [1.29, 1.82) is 0 Å². The van der Waals surface area contributed by atoms with Gasteiger partial charge in [-0.1, -0.05) is 6.07 Å². The van der Waals surface area contributed by atoms with Crippen LogP contribution in [0.3, 0.4) is 0 Å². The normalized spacial score (nSPS) is 10.4. The lowest BCUT2D eigenvalue weighted by molar-refractivity contribution is -0.130. The van der Waals surface area contributed by atoms with Crippen molar-refractivity contribution in [2.45, 2.75) is 13.5 Å². The summed E-state index contributed by atoms with van der Waals surface area (Å²) in [5.41, 5.74) is 7.69. The number of likely N-dealkylation sites (N-methyl/N-ethyl adjacent to an activating group) is 1. The third-order valence-corrected chi connectivity index (χ3v) is 3.06. The maximum atomic E-state index is 11.4. The molecule has 0 aliphatic carbocycles. The van der Waals surface area contributed by atoms with Crippen molar-refractivity contribution in [2.75, 3.05) is 26.4 Å². The van der Waals surface area contributed by atoms with E-state index in [9.17, 15) is 4.79 Å². The average molecular weight is 289 g/mol. The van der Waals surface area contributed by atoms with E-state index in [0.29, 0.717) is 18.2 Å². The van der Waals surface area contributed by atoms with E-state index in [0.717, 1.165) is 11.3 Å². The van der Waals surface area contributed by atoms with E-state index in [2.05, 4.69) is 9.97 Å². The molecule has 0 saturated heterocycles. The fourth-order valence-corrected chi connectivity index (χ4v) is 1.67. The fraction of sp³-hybridized carbons (Fsp3) is 0.357. The van der Waals surface area contributed by atoms with Crippen LogP contribution in [0.25, 0.3) is 0 Å². The van der Waals surface area contributed by atoms with Crippen LogP contribution < -0.4 is 10.5 Å². The smallest absolute Gasteiger partial charge is 0.260 e. The molecule has 0 atom stereocenters. The molecule has 0 aromatic carbocycles. The summed E-state index contributed by atoms with van der Waals surface area (Å²) in [5.74, 6) is 0.957. The highest BCUT2D eigenvalue weighted by molar-refractivity contribution is 5.77. The van der Waals surface area contributed by atoms with E-state index in [1.165, 1.54) is 4.90 Å². The molecule has 0 saturated carbocycles. The molecule has 112 valence electrons. The van der Waals surface area contributed by atoms with Gasteiger partial charge < -0.3 is 19.9 Å². The predicted octanol–water partition coefficient (Wildman–Crippen LogP) is 0.684. The molecule has 0 spiro atoms. The number of amides is 1. The van der Waals surface area contributed by atoms with E-state index in [4.69, 9.17) is 10.5 Å². The number of nitrogen functional groups attached to an aromatic ring is 1. The number of aromatic nitrogens is 3. The van der Waals surface area contributed by atoms with Crippen LogP contribution in [0.15, 0.2) is 24.7 Å². The quantitative estimate of drug-likeness (QED) is 0.875. The highest BCUT2D eigenvalue weighted by Crippen LogP contribution is 2.13. The lowest BCUT2D eigenvalue weighted by atomic mass is 10.3. The van der Waals surface area contributed by atoms with Gasteiger partial charge in [-0.05, 0) is 12.5 Å². The van der Waals surface area contributed by atoms with Crippen molar-refractivity contribution in [2.24, 2.45) is 0 Å². The first-order chi connectivity index (χ1) is 9.97. The summed E-state index contributed by atoms with van der Waals surface area (Å²) in [6.45, 7) is 2.44. The average Bonchev–Trinajstić information content (AvgIpc) is 2.78. The van der Waals surface area contributed by atoms with Crippen LogP contribution in [-0.4, -0.2) is 46.0 Å². The van der Waals surface area contributed by atoms with E-state index in [1.54, 1.807) is 32.7 Å². The number of pyridine rings is 1. The molecule has 0 aliphatic rings. The summed E-state index contributed by atoms with van der Waals surface area (Å²) in [5, 5.41) is 0. The summed E-state index contributed by atoms with van der Waals surface area (Å²) in [4.78, 5) is 21.2. The van der Waals surface area contributed by atoms with Gasteiger partial charge in [-0.3, -0.25) is 4.79 Å². The molecule has 0 unspecified atom stereocenters. The topological polar surface area (TPSA) is 86.3 Å². The van der Waals surface area contributed by atoms with Crippen LogP contribution >= 0.6 is 0 Å². The summed E-state index contributed by atoms with van der Waals surface area (Å²) in [6.07, 6.45) is 3.40. The first kappa shape index (κ1) is 14.8. The Labute approximate surface area is 123 Å². The largest absolute Gasteiger partial charge is 0.468 e. The number of carbonyl (C=O) groups is 1. The van der Waals surface area contributed by atoms with Gasteiger partial charge in [-0.15, -0.1) is 0 Å². The lowest BCUT2D eigenvalue weighted by Gasteiger charge is -2.11. The lowest BCUT2D eigenvalue weighted by Crippen LogP contribution is -2.27. The molecule has 0 aliphatic heterocycles. The fourth-order valence-electron chi connectivity index (χ4n) is 1.67. The Morgan fingerprint density at radius 1 is 1.38 bits per heavy atom. The van der Waals surface area contributed by atoms with Gasteiger partial charge in [0.25, 0.3) is 5.91 Å². The number of ether oxygens (including phenoxy) is 1. The van der Waals surface area contributed by atoms with Crippen molar-refractivity contribution >= 4 is 11.7 Å². The first-order valence-corrected chi connectivity index (χ1v) is 6.52. The van der Waals surface area contributed by atoms with Gasteiger partial charge in [0.05, 0.1) is 18.6 Å². The van der Waals surface area contributed by atoms with Gasteiger partial charge in [0.15, 0.2) is 6.61 Å². The number of rotatable bonds is 5. The van der Waals surface area contributed by atoms with Gasteiger partial charge in [0.2, 0.25) is 5.88 Å². The number of nitrogens with two attached hydrogens (primary N) is 1. The molecule has 2 rings (SSSR count). The zero-order valence-electron chi connectivity index (χ0n) is 12.4. The van der Waals surface area contributed by atoms with Crippen LogP contribution in [0.4, 0.5) is 5.82 Å². The van der Waals surface area contributed by atoms with Crippen LogP contribution in [0.2, 0.25) is 0 Å². The molecule has 2 N–H and O–H groups in total. The van der Waals surface area contributed by atoms with Crippen LogP contribution in [-0.2, 0) is 11.3 Å². The number of hydrogen-bond acceptors (Lipinski definition) is 5. The van der Waals surface area contributed by atoms with Gasteiger partial charge in [-0.25, -0.2) is 9.97 Å². The predicted molar refractivity (Wildman–Crippen MR) is 78.9 cm³/mol. The second-order valence-electron chi connectivity index (χ2n) is 4.92. The van der Waals surface area contributed by atoms with Gasteiger partial charge in [0.1, 0.15) is 5.82 Å². The molecule has 7 nitrogen and oxygen atoms in total. The van der Waals surface area contributed by atoms with Crippen LogP contribution in [0.1, 0.15) is 11.3 Å². The monoisotopic (exact) mass is 289 g/mol. The molecule has 0 radical (unpaired) electrons. The number of carbonyl (C=O) groups excluding carboxylic acids is 1. The summed E-state index contributed by atoms with van der Waals surface area (Å²) < 4.78 is 7.17. The van der Waals surface area contributed by atoms with Crippen molar-refractivity contribution in [3.8, 4) is 5.88 Å². The van der Waals surface area contributed by atoms with Crippen molar-refractivity contribution in [1.82, 2.24) is 19.4 Å². The van der Waals surface area contributed by atoms with Crippen molar-refractivity contribution in [3.05, 3.63) is 35.9 Å². The van der Waals surface area contributed by atoms with Crippen molar-refractivity contribution < 1.29 is 9.53 Å². The minimum atomic E-state index is -0.109. The minimum Gasteiger partial charge on any atom is -0.468 e. The Balaban J connectivity index is 1.96. The Morgan fingerprint density at radius 2 is 2.14 bits per heavy atom. The van der Waals surface area contributed by atoms with Gasteiger partial charge in [-0.2, -0.15) is 0 Å². The van der Waals surface area contributed by atoms with E-state index in [1.807, 2.05) is 17.6 Å². The summed E-state index contributed by atoms with van der Waals surface area (Å²) >= 11 is 0. The zero-order chi connectivity index (χ0) is 15.4. The third-order valence-electron chi connectivity index (χ3n) is 3.06. The molecule has 2 heterocycles. The second kappa shape index (κ2) is 6.25. The third kappa shape index (κ3) is 3.71. The molecule has 1 amide bonds. The first-order valence-electron chi connectivity index (χ1n) is 6.52. The Morgan fingerprint density at radius 3 is 2.67 bits per heavy atom. The SMILES string of the molecule is Cc1ncn(Cc2ccc(OCC(=O)N(C)C)nc2)c1N. The summed E-state index contributed by atoms with van der Waals surface area (Å²) in [7, 11) is 3.36. The van der Waals surface area contributed by atoms with E-state index in [-0.39, 0.29) is 12.5 Å². The number of hydrogen-bond donors (Lipinski definition) is 1. The highest BCUT2D eigenvalue weighted by Gasteiger charge is 2.07. The molecule has 7 heteroatoms. The van der Waals surface area contributed by atoms with E-state index >= 15 is 0 Å². The van der Waals surface area contributed by atoms with Crippen molar-refractivity contribution in [3.63, 3.8) is 0 Å². The minimum absolute atomic E-state index is 0.0208. The Bertz CT molecular complexity index is 619. The van der Waals surface area contributed by atoms with Gasteiger partial charge >= 0.3 is 0 Å². The molecular formula is C14H19N5O2. The molecule has 0 fully saturated rings. The number of aryl methyl sites for hydroxylation is 1. The Hall–Kier alpha value is -2.57. The standard InChI is InChI=1S/C14H19N5O2/c1-10-14(15)19(9-17-10)7-11-4-5-12(16-6-11)21-8-13(20)18(2)3/h4-6,9H,7-8,15H2,1-3H3. The van der Waals surface area contributed by atoms with Gasteiger partial charge in [0, 0.05) is 26.4 Å². The molecular weight excluding hydrogens is 270 g/mol. The number of anilines is 1. The highest BCUT2D eigenvalue weighted by atomic mass is 16.5. The summed E-state index contributed by atoms with van der Waals surface area (Å²) in [6, 6.07) is 3.62. The molecule has 21 heavy (non-hydrogen) atoms.